The van der Waals surface area contributed by atoms with Crippen molar-refractivity contribution >= 4 is 23.2 Å². The molecule has 8 heteroatoms. The average Bonchev–Trinajstić information content (AvgIpc) is 3.56. The number of nitrogens with two attached hydrogens (primary N) is 1. The first-order chi connectivity index (χ1) is 14.0. The van der Waals surface area contributed by atoms with Crippen LogP contribution in [0.3, 0.4) is 0 Å². The molecule has 0 aliphatic heterocycles. The van der Waals surface area contributed by atoms with Crippen LogP contribution >= 0.6 is 0 Å². The van der Waals surface area contributed by atoms with E-state index in [1.54, 1.807) is 6.07 Å². The second-order valence-corrected chi connectivity index (χ2v) is 7.13. The van der Waals surface area contributed by atoms with Crippen molar-refractivity contribution in [3.63, 3.8) is 0 Å². The number of nitrogens with zero attached hydrogens (tertiary/aromatic N) is 2. The molecule has 3 N–H and O–H groups in total. The van der Waals surface area contributed by atoms with Gasteiger partial charge in [-0.3, -0.25) is 19.7 Å². The van der Waals surface area contributed by atoms with Gasteiger partial charge in [-0.1, -0.05) is 12.1 Å². The standard InChI is InChI=1S/C21H24N4O4/c22-11-2-12-24(21(27)17-5-6-17)14-15-3-1-4-18(13-15)23-20(26)16-7-9-19(10-8-16)25(28)29/h1,3-4,7-10,13,17H,2,5-6,11-12,14,22H2,(H,23,26). The number of benzene rings is 2. The molecule has 1 aliphatic rings. The van der Waals surface area contributed by atoms with E-state index in [1.807, 2.05) is 23.1 Å². The van der Waals surface area contributed by atoms with Crippen molar-refractivity contribution in [2.24, 2.45) is 11.7 Å². The predicted octanol–water partition coefficient (Wildman–Crippen LogP) is 2.93. The number of nitro groups is 1. The number of amides is 2. The highest BCUT2D eigenvalue weighted by atomic mass is 16.6. The zero-order valence-corrected chi connectivity index (χ0v) is 16.0. The summed E-state index contributed by atoms with van der Waals surface area (Å²) in [5, 5.41) is 13.5. The molecule has 2 aromatic carbocycles. The van der Waals surface area contributed by atoms with E-state index in [1.165, 1.54) is 24.3 Å². The minimum atomic E-state index is -0.509. The fourth-order valence-electron chi connectivity index (χ4n) is 3.04. The van der Waals surface area contributed by atoms with Crippen molar-refractivity contribution in [2.75, 3.05) is 18.4 Å². The summed E-state index contributed by atoms with van der Waals surface area (Å²) >= 11 is 0. The molecule has 3 rings (SSSR count). The molecular weight excluding hydrogens is 372 g/mol. The van der Waals surface area contributed by atoms with Crippen LogP contribution in [-0.2, 0) is 11.3 Å². The van der Waals surface area contributed by atoms with Gasteiger partial charge in [0, 0.05) is 42.4 Å². The molecule has 0 unspecified atom stereocenters. The van der Waals surface area contributed by atoms with Crippen molar-refractivity contribution in [1.82, 2.24) is 4.90 Å². The van der Waals surface area contributed by atoms with Gasteiger partial charge in [-0.25, -0.2) is 0 Å². The van der Waals surface area contributed by atoms with Gasteiger partial charge in [0.2, 0.25) is 5.91 Å². The van der Waals surface area contributed by atoms with E-state index in [9.17, 15) is 19.7 Å². The van der Waals surface area contributed by atoms with E-state index < -0.39 is 4.92 Å². The zero-order valence-electron chi connectivity index (χ0n) is 16.0. The lowest BCUT2D eigenvalue weighted by molar-refractivity contribution is -0.384. The van der Waals surface area contributed by atoms with Gasteiger partial charge in [0.1, 0.15) is 0 Å². The third kappa shape index (κ3) is 5.61. The number of nitro benzene ring substituents is 1. The van der Waals surface area contributed by atoms with E-state index in [2.05, 4.69) is 5.32 Å². The lowest BCUT2D eigenvalue weighted by Crippen LogP contribution is -2.33. The van der Waals surface area contributed by atoms with Crippen LogP contribution in [0.5, 0.6) is 0 Å². The normalized spacial score (nSPS) is 13.0. The van der Waals surface area contributed by atoms with Gasteiger partial charge >= 0.3 is 0 Å². The topological polar surface area (TPSA) is 119 Å². The Bertz CT molecular complexity index is 894. The fourth-order valence-corrected chi connectivity index (χ4v) is 3.04. The number of carbonyl (C=O) groups is 2. The SMILES string of the molecule is NCCCN(Cc1cccc(NC(=O)c2ccc([N+](=O)[O-])cc2)c1)C(=O)C1CC1. The molecule has 1 fully saturated rings. The number of carbonyl (C=O) groups excluding carboxylic acids is 2. The Hall–Kier alpha value is -3.26. The van der Waals surface area contributed by atoms with Gasteiger partial charge < -0.3 is 16.0 Å². The van der Waals surface area contributed by atoms with Crippen LogP contribution in [0.1, 0.15) is 35.2 Å². The lowest BCUT2D eigenvalue weighted by Gasteiger charge is -2.23. The first-order valence-electron chi connectivity index (χ1n) is 9.61. The molecule has 0 spiro atoms. The molecule has 152 valence electrons. The Balaban J connectivity index is 1.66. The Morgan fingerprint density at radius 3 is 2.52 bits per heavy atom. The van der Waals surface area contributed by atoms with E-state index in [0.717, 1.165) is 24.8 Å². The molecular formula is C21H24N4O4. The van der Waals surface area contributed by atoms with Gasteiger partial charge in [-0.15, -0.1) is 0 Å². The lowest BCUT2D eigenvalue weighted by atomic mass is 10.1. The van der Waals surface area contributed by atoms with E-state index in [4.69, 9.17) is 5.73 Å². The van der Waals surface area contributed by atoms with Crippen LogP contribution in [0, 0.1) is 16.0 Å². The maximum Gasteiger partial charge on any atom is 0.269 e. The number of rotatable bonds is 9. The second-order valence-electron chi connectivity index (χ2n) is 7.13. The Kier molecular flexibility index (Phi) is 6.56. The summed E-state index contributed by atoms with van der Waals surface area (Å²) < 4.78 is 0. The molecule has 1 saturated carbocycles. The molecule has 0 heterocycles. The van der Waals surface area contributed by atoms with Crippen LogP contribution in [0.15, 0.2) is 48.5 Å². The minimum Gasteiger partial charge on any atom is -0.338 e. The highest BCUT2D eigenvalue weighted by Crippen LogP contribution is 2.31. The van der Waals surface area contributed by atoms with Gasteiger partial charge in [0.15, 0.2) is 0 Å². The van der Waals surface area contributed by atoms with E-state index in [0.29, 0.717) is 30.9 Å². The maximum atomic E-state index is 12.5. The number of hydrogen-bond acceptors (Lipinski definition) is 5. The van der Waals surface area contributed by atoms with Crippen molar-refractivity contribution in [2.45, 2.75) is 25.8 Å². The molecule has 29 heavy (non-hydrogen) atoms. The van der Waals surface area contributed by atoms with Crippen LogP contribution in [0.25, 0.3) is 0 Å². The third-order valence-corrected chi connectivity index (χ3v) is 4.77. The van der Waals surface area contributed by atoms with Crippen molar-refractivity contribution in [3.05, 3.63) is 69.8 Å². The molecule has 0 saturated heterocycles. The molecule has 1 aliphatic carbocycles. The fraction of sp³-hybridized carbons (Fsp3) is 0.333. The first kappa shape index (κ1) is 20.5. The van der Waals surface area contributed by atoms with Gasteiger partial charge in [0.05, 0.1) is 4.92 Å². The summed E-state index contributed by atoms with van der Waals surface area (Å²) in [4.78, 5) is 37.0. The summed E-state index contributed by atoms with van der Waals surface area (Å²) in [6.45, 7) is 1.61. The quantitative estimate of drug-likeness (QED) is 0.499. The molecule has 0 atom stereocenters. The van der Waals surface area contributed by atoms with Crippen LogP contribution in [0.4, 0.5) is 11.4 Å². The van der Waals surface area contributed by atoms with Crippen LogP contribution in [0.2, 0.25) is 0 Å². The third-order valence-electron chi connectivity index (χ3n) is 4.77. The number of hydrogen-bond donors (Lipinski definition) is 2. The van der Waals surface area contributed by atoms with E-state index in [-0.39, 0.29) is 23.4 Å². The molecule has 0 aromatic heterocycles. The number of anilines is 1. The summed E-state index contributed by atoms with van der Waals surface area (Å²) in [7, 11) is 0. The second kappa shape index (κ2) is 9.29. The van der Waals surface area contributed by atoms with Crippen molar-refractivity contribution < 1.29 is 14.5 Å². The minimum absolute atomic E-state index is 0.0681. The van der Waals surface area contributed by atoms with Gasteiger partial charge in [0.25, 0.3) is 11.6 Å². The number of non-ortho nitro benzene ring substituents is 1. The summed E-state index contributed by atoms with van der Waals surface area (Å²) in [5.74, 6) is -0.0531. The molecule has 0 radical (unpaired) electrons. The number of nitrogens with one attached hydrogen (secondary N) is 1. The highest BCUT2D eigenvalue weighted by Gasteiger charge is 2.33. The summed E-state index contributed by atoms with van der Waals surface area (Å²) in [6.07, 6.45) is 2.64. The monoisotopic (exact) mass is 396 g/mol. The molecule has 2 aromatic rings. The van der Waals surface area contributed by atoms with Crippen LogP contribution in [-0.4, -0.2) is 34.7 Å². The highest BCUT2D eigenvalue weighted by molar-refractivity contribution is 6.04. The summed E-state index contributed by atoms with van der Waals surface area (Å²) in [6, 6.07) is 12.8. The zero-order chi connectivity index (χ0) is 20.8. The van der Waals surface area contributed by atoms with Crippen molar-refractivity contribution in [3.8, 4) is 0 Å². The Morgan fingerprint density at radius 1 is 1.17 bits per heavy atom. The molecule has 2 amide bonds. The van der Waals surface area contributed by atoms with Gasteiger partial charge in [-0.2, -0.15) is 0 Å². The maximum absolute atomic E-state index is 12.5. The molecule has 0 bridgehead atoms. The Morgan fingerprint density at radius 2 is 1.90 bits per heavy atom. The largest absolute Gasteiger partial charge is 0.338 e. The summed E-state index contributed by atoms with van der Waals surface area (Å²) in [5.41, 5.74) is 7.37. The Labute approximate surface area is 168 Å². The van der Waals surface area contributed by atoms with Gasteiger partial charge in [-0.05, 0) is 55.6 Å². The molecule has 8 nitrogen and oxygen atoms in total. The average molecular weight is 396 g/mol. The van der Waals surface area contributed by atoms with E-state index >= 15 is 0 Å². The van der Waals surface area contributed by atoms with Crippen LogP contribution < -0.4 is 11.1 Å². The smallest absolute Gasteiger partial charge is 0.269 e. The first-order valence-corrected chi connectivity index (χ1v) is 9.61. The predicted molar refractivity (Wildman–Crippen MR) is 109 cm³/mol. The van der Waals surface area contributed by atoms with Crippen molar-refractivity contribution in [1.29, 1.82) is 0 Å².